The highest BCUT2D eigenvalue weighted by Gasteiger charge is 2.29. The van der Waals surface area contributed by atoms with Gasteiger partial charge in [0.2, 0.25) is 0 Å². The van der Waals surface area contributed by atoms with Gasteiger partial charge in [-0.3, -0.25) is 9.69 Å². The molecule has 0 spiro atoms. The van der Waals surface area contributed by atoms with Gasteiger partial charge in [-0.25, -0.2) is 0 Å². The van der Waals surface area contributed by atoms with Gasteiger partial charge < -0.3 is 0 Å². The normalized spacial score (nSPS) is 21.7. The fraction of sp³-hybridized carbons (Fsp3) is 0.300. The molecule has 1 aromatic rings. The lowest BCUT2D eigenvalue weighted by molar-refractivity contribution is 0.265. The number of anilines is 1. The number of benzene rings is 1. The summed E-state index contributed by atoms with van der Waals surface area (Å²) in [5.74, 6) is 0.863. The summed E-state index contributed by atoms with van der Waals surface area (Å²) in [6.07, 6.45) is 0. The van der Waals surface area contributed by atoms with Gasteiger partial charge in [-0.2, -0.15) is 0 Å². The number of halogens is 1. The summed E-state index contributed by atoms with van der Waals surface area (Å²) in [5, 5.41) is 0.820. The van der Waals surface area contributed by atoms with Crippen molar-refractivity contribution in [3.8, 4) is 0 Å². The fourth-order valence-electron chi connectivity index (χ4n) is 1.48. The second-order valence-corrected chi connectivity index (χ2v) is 4.68. The topological polar surface area (TPSA) is 20.3 Å². The lowest BCUT2D eigenvalue weighted by Crippen LogP contribution is -2.30. The van der Waals surface area contributed by atoms with Gasteiger partial charge in [0.25, 0.3) is 5.24 Å². The van der Waals surface area contributed by atoms with Crippen molar-refractivity contribution in [1.82, 2.24) is 0 Å². The first-order valence-electron chi connectivity index (χ1n) is 4.40. The van der Waals surface area contributed by atoms with Crippen LogP contribution in [0.5, 0.6) is 0 Å². The van der Waals surface area contributed by atoms with E-state index >= 15 is 0 Å². The van der Waals surface area contributed by atoms with Crippen LogP contribution in [0.1, 0.15) is 6.92 Å². The molecule has 1 saturated heterocycles. The average molecular weight is 228 g/mol. The van der Waals surface area contributed by atoms with Crippen molar-refractivity contribution in [3.05, 3.63) is 29.3 Å². The molecule has 2 rings (SSSR count). The highest BCUT2D eigenvalue weighted by Crippen LogP contribution is 2.30. The van der Waals surface area contributed by atoms with Crippen molar-refractivity contribution < 1.29 is 4.79 Å². The average Bonchev–Trinajstić information content (AvgIpc) is 2.49. The molecule has 2 nitrogen and oxygen atoms in total. The maximum Gasteiger partial charge on any atom is 0.286 e. The molecule has 0 N–H and O–H groups in total. The van der Waals surface area contributed by atoms with Crippen molar-refractivity contribution in [2.45, 2.75) is 13.0 Å². The first kappa shape index (κ1) is 9.87. The highest BCUT2D eigenvalue weighted by atomic mass is 35.5. The summed E-state index contributed by atoms with van der Waals surface area (Å²) >= 11 is 7.15. The van der Waals surface area contributed by atoms with E-state index in [1.54, 1.807) is 17.0 Å². The molecule has 1 unspecified atom stereocenters. The second-order valence-electron chi connectivity index (χ2n) is 3.27. The molecule has 14 heavy (non-hydrogen) atoms. The third-order valence-corrected chi connectivity index (χ3v) is 3.53. The first-order chi connectivity index (χ1) is 6.68. The molecule has 1 atom stereocenters. The Balaban J connectivity index is 2.30. The number of rotatable bonds is 1. The van der Waals surface area contributed by atoms with Crippen molar-refractivity contribution in [3.63, 3.8) is 0 Å². The quantitative estimate of drug-likeness (QED) is 0.733. The van der Waals surface area contributed by atoms with Crippen LogP contribution in [-0.4, -0.2) is 17.0 Å². The Morgan fingerprint density at radius 1 is 1.43 bits per heavy atom. The molecular formula is C10H10ClNOS. The van der Waals surface area contributed by atoms with E-state index in [0.29, 0.717) is 5.02 Å². The predicted octanol–water partition coefficient (Wildman–Crippen LogP) is 3.40. The first-order valence-corrected chi connectivity index (χ1v) is 5.76. The Bertz CT molecular complexity index is 352. The van der Waals surface area contributed by atoms with Gasteiger partial charge in [0.1, 0.15) is 0 Å². The number of thioether (sulfide) groups is 1. The molecule has 0 aliphatic carbocycles. The minimum atomic E-state index is 0.125. The van der Waals surface area contributed by atoms with Crippen LogP contribution in [0.2, 0.25) is 5.02 Å². The zero-order valence-corrected chi connectivity index (χ0v) is 9.31. The number of nitrogens with zero attached hydrogens (tertiary/aromatic N) is 1. The second kappa shape index (κ2) is 3.83. The Kier molecular flexibility index (Phi) is 2.70. The highest BCUT2D eigenvalue weighted by molar-refractivity contribution is 8.14. The SMILES string of the molecule is CC1CSC(=O)N1c1ccc(Cl)cc1. The molecule has 1 amide bonds. The van der Waals surface area contributed by atoms with Crippen LogP contribution in [-0.2, 0) is 0 Å². The summed E-state index contributed by atoms with van der Waals surface area (Å²) in [6.45, 7) is 2.05. The van der Waals surface area contributed by atoms with E-state index in [9.17, 15) is 4.79 Å². The molecule has 1 aliphatic heterocycles. The predicted molar refractivity (Wildman–Crippen MR) is 61.2 cm³/mol. The van der Waals surface area contributed by atoms with Gasteiger partial charge in [0, 0.05) is 22.5 Å². The Labute approximate surface area is 92.2 Å². The molecular weight excluding hydrogens is 218 g/mol. The van der Waals surface area contributed by atoms with E-state index in [2.05, 4.69) is 0 Å². The van der Waals surface area contributed by atoms with Gasteiger partial charge in [-0.1, -0.05) is 23.4 Å². The minimum absolute atomic E-state index is 0.125. The number of hydrogen-bond donors (Lipinski definition) is 0. The van der Waals surface area contributed by atoms with E-state index < -0.39 is 0 Å². The molecule has 1 aliphatic rings. The van der Waals surface area contributed by atoms with E-state index in [-0.39, 0.29) is 11.3 Å². The zero-order chi connectivity index (χ0) is 10.1. The summed E-state index contributed by atoms with van der Waals surface area (Å²) in [5.41, 5.74) is 0.928. The Morgan fingerprint density at radius 3 is 2.57 bits per heavy atom. The van der Waals surface area contributed by atoms with Gasteiger partial charge in [0.15, 0.2) is 0 Å². The summed E-state index contributed by atoms with van der Waals surface area (Å²) in [6, 6.07) is 7.64. The summed E-state index contributed by atoms with van der Waals surface area (Å²) in [7, 11) is 0. The maximum absolute atomic E-state index is 11.5. The van der Waals surface area contributed by atoms with Gasteiger partial charge in [-0.05, 0) is 31.2 Å². The molecule has 0 bridgehead atoms. The van der Waals surface area contributed by atoms with E-state index in [1.807, 2.05) is 19.1 Å². The molecule has 0 aromatic heterocycles. The van der Waals surface area contributed by atoms with Crippen LogP contribution < -0.4 is 4.90 Å². The Hall–Kier alpha value is -0.670. The molecule has 0 radical (unpaired) electrons. The van der Waals surface area contributed by atoms with E-state index in [1.165, 1.54) is 11.8 Å². The molecule has 74 valence electrons. The fourth-order valence-corrected chi connectivity index (χ4v) is 2.56. The van der Waals surface area contributed by atoms with Crippen molar-refractivity contribution in [2.75, 3.05) is 10.7 Å². The van der Waals surface area contributed by atoms with Crippen LogP contribution >= 0.6 is 23.4 Å². The lowest BCUT2D eigenvalue weighted by Gasteiger charge is -2.20. The minimum Gasteiger partial charge on any atom is -0.300 e. The number of amides is 1. The molecule has 0 saturated carbocycles. The smallest absolute Gasteiger partial charge is 0.286 e. The molecule has 1 fully saturated rings. The van der Waals surface area contributed by atoms with Crippen LogP contribution in [0, 0.1) is 0 Å². The van der Waals surface area contributed by atoms with E-state index in [4.69, 9.17) is 11.6 Å². The standard InChI is InChI=1S/C10H10ClNOS/c1-7-6-14-10(13)12(7)9-4-2-8(11)3-5-9/h2-5,7H,6H2,1H3. The largest absolute Gasteiger partial charge is 0.300 e. The van der Waals surface area contributed by atoms with Crippen LogP contribution in [0.4, 0.5) is 10.5 Å². The molecule has 1 aromatic carbocycles. The van der Waals surface area contributed by atoms with Crippen molar-refractivity contribution in [1.29, 1.82) is 0 Å². The lowest BCUT2D eigenvalue weighted by atomic mass is 10.2. The number of hydrogen-bond acceptors (Lipinski definition) is 2. The van der Waals surface area contributed by atoms with E-state index in [0.717, 1.165) is 11.4 Å². The third kappa shape index (κ3) is 1.74. The molecule has 4 heteroatoms. The van der Waals surface area contributed by atoms with Gasteiger partial charge >= 0.3 is 0 Å². The van der Waals surface area contributed by atoms with Gasteiger partial charge in [0.05, 0.1) is 0 Å². The number of carbonyl (C=O) groups excluding carboxylic acids is 1. The third-order valence-electron chi connectivity index (χ3n) is 2.19. The van der Waals surface area contributed by atoms with Crippen molar-refractivity contribution in [2.24, 2.45) is 0 Å². The van der Waals surface area contributed by atoms with Crippen LogP contribution in [0.15, 0.2) is 24.3 Å². The summed E-state index contributed by atoms with van der Waals surface area (Å²) in [4.78, 5) is 13.3. The maximum atomic E-state index is 11.5. The van der Waals surface area contributed by atoms with Crippen LogP contribution in [0.25, 0.3) is 0 Å². The number of carbonyl (C=O) groups is 1. The monoisotopic (exact) mass is 227 g/mol. The summed E-state index contributed by atoms with van der Waals surface area (Å²) < 4.78 is 0. The zero-order valence-electron chi connectivity index (χ0n) is 7.74. The van der Waals surface area contributed by atoms with Crippen molar-refractivity contribution >= 4 is 34.3 Å². The Morgan fingerprint density at radius 2 is 2.07 bits per heavy atom. The van der Waals surface area contributed by atoms with Crippen LogP contribution in [0.3, 0.4) is 0 Å². The molecule has 1 heterocycles. The van der Waals surface area contributed by atoms with Gasteiger partial charge in [-0.15, -0.1) is 0 Å².